The largest absolute Gasteiger partial charge is 0.484 e. The van der Waals surface area contributed by atoms with Crippen LogP contribution >= 0.6 is 11.6 Å². The minimum atomic E-state index is -4.99. The van der Waals surface area contributed by atoms with Gasteiger partial charge in [-0.1, -0.05) is 23.7 Å². The van der Waals surface area contributed by atoms with Crippen molar-refractivity contribution in [3.8, 4) is 16.9 Å². The van der Waals surface area contributed by atoms with E-state index in [9.17, 15) is 31.1 Å². The van der Waals surface area contributed by atoms with Crippen molar-refractivity contribution < 1.29 is 31.1 Å². The van der Waals surface area contributed by atoms with Crippen LogP contribution in [0.4, 0.5) is 26.3 Å². The maximum atomic E-state index is 13.5. The fraction of sp³-hybridized carbons (Fsp3) is 0.188. The van der Waals surface area contributed by atoms with Crippen molar-refractivity contribution in [3.63, 3.8) is 0 Å². The number of nitrogens with zero attached hydrogens (tertiary/aromatic N) is 3. The Hall–Kier alpha value is -2.82. The lowest BCUT2D eigenvalue weighted by Crippen LogP contribution is -2.24. The molecular weight excluding hydrogens is 416 g/mol. The smallest absolute Gasteiger partial charge is 0.434 e. The molecule has 0 aliphatic rings. The summed E-state index contributed by atoms with van der Waals surface area (Å²) in [6, 6.07) is 5.32. The first-order valence-electron chi connectivity index (χ1n) is 7.42. The molecule has 3 rings (SSSR count). The molecule has 0 saturated heterocycles. The van der Waals surface area contributed by atoms with E-state index in [0.717, 1.165) is 34.9 Å². The standard InChI is InChI=1S/C16H8ClF6N3O2/c17-10-5-6-26-13(27)11(12(16(21,22)23)25-14(26)24-10)8-1-3-9(4-2-8)28-7-15(18,19)20/h1-6H,7H2. The van der Waals surface area contributed by atoms with Gasteiger partial charge in [-0.2, -0.15) is 26.3 Å². The Bertz CT molecular complexity index is 1080. The van der Waals surface area contributed by atoms with Gasteiger partial charge in [0.25, 0.3) is 5.56 Å². The Labute approximate surface area is 157 Å². The van der Waals surface area contributed by atoms with Gasteiger partial charge in [-0.05, 0) is 23.8 Å². The van der Waals surface area contributed by atoms with Crippen molar-refractivity contribution in [1.82, 2.24) is 14.4 Å². The first-order chi connectivity index (χ1) is 13.0. The van der Waals surface area contributed by atoms with Gasteiger partial charge in [-0.3, -0.25) is 9.20 Å². The molecule has 1 aromatic carbocycles. The van der Waals surface area contributed by atoms with Crippen molar-refractivity contribution in [2.45, 2.75) is 12.4 Å². The Morgan fingerprint density at radius 1 is 1.00 bits per heavy atom. The quantitative estimate of drug-likeness (QED) is 0.464. The molecule has 12 heteroatoms. The number of fused-ring (bicyclic) bond motifs is 1. The van der Waals surface area contributed by atoms with Crippen LogP contribution in [0.2, 0.25) is 5.15 Å². The Morgan fingerprint density at radius 2 is 1.64 bits per heavy atom. The molecule has 5 nitrogen and oxygen atoms in total. The van der Waals surface area contributed by atoms with E-state index in [1.807, 2.05) is 0 Å². The second kappa shape index (κ2) is 6.97. The summed E-state index contributed by atoms with van der Waals surface area (Å²) < 4.78 is 82.2. The summed E-state index contributed by atoms with van der Waals surface area (Å²) in [7, 11) is 0. The lowest BCUT2D eigenvalue weighted by Gasteiger charge is -2.14. The molecule has 0 N–H and O–H groups in total. The predicted molar refractivity (Wildman–Crippen MR) is 86.3 cm³/mol. The Balaban J connectivity index is 2.12. The second-order valence-electron chi connectivity index (χ2n) is 5.49. The highest BCUT2D eigenvalue weighted by atomic mass is 35.5. The van der Waals surface area contributed by atoms with Gasteiger partial charge in [0.15, 0.2) is 12.3 Å². The molecule has 0 fully saturated rings. The van der Waals surface area contributed by atoms with Crippen LogP contribution in [0, 0.1) is 0 Å². The van der Waals surface area contributed by atoms with Crippen molar-refractivity contribution >= 4 is 17.4 Å². The van der Waals surface area contributed by atoms with Gasteiger partial charge in [0, 0.05) is 6.20 Å². The molecule has 0 amide bonds. The molecule has 0 radical (unpaired) electrons. The van der Waals surface area contributed by atoms with Gasteiger partial charge in [0.05, 0.1) is 5.56 Å². The number of ether oxygens (including phenoxy) is 1. The average molecular weight is 424 g/mol. The van der Waals surface area contributed by atoms with E-state index in [2.05, 4.69) is 14.7 Å². The van der Waals surface area contributed by atoms with Crippen LogP contribution in [-0.2, 0) is 6.18 Å². The van der Waals surface area contributed by atoms with Crippen LogP contribution in [0.1, 0.15) is 5.69 Å². The van der Waals surface area contributed by atoms with Crippen LogP contribution in [-0.4, -0.2) is 27.2 Å². The maximum absolute atomic E-state index is 13.5. The van der Waals surface area contributed by atoms with E-state index in [1.54, 1.807) is 0 Å². The highest BCUT2D eigenvalue weighted by Gasteiger charge is 2.38. The minimum absolute atomic E-state index is 0.154. The van der Waals surface area contributed by atoms with E-state index in [1.165, 1.54) is 6.07 Å². The molecule has 0 aliphatic heterocycles. The van der Waals surface area contributed by atoms with Crippen molar-refractivity contribution in [1.29, 1.82) is 0 Å². The average Bonchev–Trinajstić information content (AvgIpc) is 2.59. The van der Waals surface area contributed by atoms with Gasteiger partial charge >= 0.3 is 12.4 Å². The summed E-state index contributed by atoms with van der Waals surface area (Å²) in [5.41, 5.74) is -3.54. The summed E-state index contributed by atoms with van der Waals surface area (Å²) in [6.07, 6.45) is -8.44. The van der Waals surface area contributed by atoms with Crippen LogP contribution < -0.4 is 10.3 Å². The summed E-state index contributed by atoms with van der Waals surface area (Å²) in [5.74, 6) is -0.768. The molecule has 0 aliphatic carbocycles. The number of alkyl halides is 6. The molecule has 0 bridgehead atoms. The zero-order valence-corrected chi connectivity index (χ0v) is 14.2. The zero-order chi connectivity index (χ0) is 20.7. The number of benzene rings is 1. The SMILES string of the molecule is O=c1c(-c2ccc(OCC(F)(F)F)cc2)c(C(F)(F)F)nc2nc(Cl)ccn12. The van der Waals surface area contributed by atoms with Crippen molar-refractivity contribution in [2.24, 2.45) is 0 Å². The third-order valence-corrected chi connectivity index (χ3v) is 3.69. The van der Waals surface area contributed by atoms with Crippen LogP contribution in [0.5, 0.6) is 5.75 Å². The third-order valence-electron chi connectivity index (χ3n) is 3.48. The van der Waals surface area contributed by atoms with Gasteiger partial charge in [-0.15, -0.1) is 0 Å². The number of rotatable bonds is 3. The number of hydrogen-bond donors (Lipinski definition) is 0. The lowest BCUT2D eigenvalue weighted by atomic mass is 10.0. The van der Waals surface area contributed by atoms with Crippen LogP contribution in [0.25, 0.3) is 16.9 Å². The number of aromatic nitrogens is 3. The monoisotopic (exact) mass is 423 g/mol. The van der Waals surface area contributed by atoms with E-state index in [-0.39, 0.29) is 16.5 Å². The molecule has 2 heterocycles. The van der Waals surface area contributed by atoms with Crippen LogP contribution in [0.3, 0.4) is 0 Å². The first-order valence-corrected chi connectivity index (χ1v) is 7.79. The minimum Gasteiger partial charge on any atom is -0.484 e. The molecule has 148 valence electrons. The van der Waals surface area contributed by atoms with E-state index in [0.29, 0.717) is 0 Å². The highest BCUT2D eigenvalue weighted by Crippen LogP contribution is 2.34. The predicted octanol–water partition coefficient (Wildman–Crippen LogP) is 4.37. The Morgan fingerprint density at radius 3 is 2.21 bits per heavy atom. The van der Waals surface area contributed by atoms with E-state index < -0.39 is 41.6 Å². The third kappa shape index (κ3) is 4.19. The van der Waals surface area contributed by atoms with Crippen molar-refractivity contribution in [2.75, 3.05) is 6.61 Å². The molecule has 28 heavy (non-hydrogen) atoms. The summed E-state index contributed by atoms with van der Waals surface area (Å²) in [4.78, 5) is 19.6. The van der Waals surface area contributed by atoms with Crippen molar-refractivity contribution in [3.05, 3.63) is 57.7 Å². The zero-order valence-electron chi connectivity index (χ0n) is 13.5. The normalized spacial score (nSPS) is 12.4. The lowest BCUT2D eigenvalue weighted by molar-refractivity contribution is -0.153. The Kier molecular flexibility index (Phi) is 4.96. The van der Waals surface area contributed by atoms with Gasteiger partial charge in [0.2, 0.25) is 5.78 Å². The number of halogens is 7. The topological polar surface area (TPSA) is 56.5 Å². The van der Waals surface area contributed by atoms with Crippen LogP contribution in [0.15, 0.2) is 41.3 Å². The van der Waals surface area contributed by atoms with E-state index >= 15 is 0 Å². The van der Waals surface area contributed by atoms with Gasteiger partial charge < -0.3 is 4.74 Å². The fourth-order valence-corrected chi connectivity index (χ4v) is 2.48. The molecule has 2 aromatic heterocycles. The summed E-state index contributed by atoms with van der Waals surface area (Å²) >= 11 is 5.63. The summed E-state index contributed by atoms with van der Waals surface area (Å²) in [5, 5.41) is -0.154. The fourth-order valence-electron chi connectivity index (χ4n) is 2.35. The number of hydrogen-bond acceptors (Lipinski definition) is 4. The second-order valence-corrected chi connectivity index (χ2v) is 5.87. The summed E-state index contributed by atoms with van der Waals surface area (Å²) in [6.45, 7) is -1.56. The highest BCUT2D eigenvalue weighted by molar-refractivity contribution is 6.29. The molecule has 0 saturated carbocycles. The van der Waals surface area contributed by atoms with Gasteiger partial charge in [-0.25, -0.2) is 9.97 Å². The van der Waals surface area contributed by atoms with Gasteiger partial charge in [0.1, 0.15) is 10.9 Å². The van der Waals surface area contributed by atoms with E-state index in [4.69, 9.17) is 11.6 Å². The molecule has 3 aromatic rings. The molecule has 0 unspecified atom stereocenters. The first kappa shape index (κ1) is 19.9. The maximum Gasteiger partial charge on any atom is 0.434 e. The molecule has 0 spiro atoms. The molecular formula is C16H8ClF6N3O2. The molecule has 0 atom stereocenters.